The van der Waals surface area contributed by atoms with Gasteiger partial charge in [-0.2, -0.15) is 0 Å². The summed E-state index contributed by atoms with van der Waals surface area (Å²) in [6, 6.07) is 14.2. The standard InChI is InChI=1S/C15H8N2O2/c16-9-19-11-7-5-10(6-8-11)14-12-3-1-2-4-13(12)17-15(14)18/h1-8H. The van der Waals surface area contributed by atoms with Crippen LogP contribution in [0.2, 0.25) is 0 Å². The van der Waals surface area contributed by atoms with Crippen LogP contribution in [0.15, 0.2) is 53.5 Å². The molecule has 90 valence electrons. The summed E-state index contributed by atoms with van der Waals surface area (Å²) >= 11 is 0. The maximum atomic E-state index is 12.0. The van der Waals surface area contributed by atoms with Crippen LogP contribution in [0.25, 0.3) is 5.57 Å². The Hall–Kier alpha value is -2.93. The lowest BCUT2D eigenvalue weighted by Gasteiger charge is -2.01. The molecule has 2 aromatic rings. The lowest BCUT2D eigenvalue weighted by molar-refractivity contribution is -0.112. The Morgan fingerprint density at radius 3 is 2.53 bits per heavy atom. The molecule has 0 bridgehead atoms. The Morgan fingerprint density at radius 1 is 1.05 bits per heavy atom. The van der Waals surface area contributed by atoms with Gasteiger partial charge in [-0.1, -0.05) is 30.3 Å². The van der Waals surface area contributed by atoms with Crippen LogP contribution in [0.1, 0.15) is 5.56 Å². The zero-order chi connectivity index (χ0) is 13.2. The van der Waals surface area contributed by atoms with Gasteiger partial charge in [-0.15, -0.1) is 5.26 Å². The Balaban J connectivity index is 2.16. The molecule has 19 heavy (non-hydrogen) atoms. The maximum absolute atomic E-state index is 12.0. The van der Waals surface area contributed by atoms with E-state index in [1.165, 1.54) is 0 Å². The second-order valence-electron chi connectivity index (χ2n) is 4.03. The number of nitrogens with zero attached hydrogens (tertiary/aromatic N) is 2. The van der Waals surface area contributed by atoms with Crippen molar-refractivity contribution in [3.8, 4) is 12.0 Å². The van der Waals surface area contributed by atoms with E-state index in [2.05, 4.69) is 4.99 Å². The van der Waals surface area contributed by atoms with Crippen molar-refractivity contribution in [1.82, 2.24) is 0 Å². The highest BCUT2D eigenvalue weighted by molar-refractivity contribution is 6.20. The molecule has 1 heterocycles. The van der Waals surface area contributed by atoms with E-state index in [1.807, 2.05) is 24.3 Å². The molecule has 0 fully saturated rings. The van der Waals surface area contributed by atoms with E-state index in [9.17, 15) is 4.79 Å². The summed E-state index contributed by atoms with van der Waals surface area (Å²) in [6.07, 6.45) is 1.61. The predicted octanol–water partition coefficient (Wildman–Crippen LogP) is 0.905. The minimum absolute atomic E-state index is 0.241. The van der Waals surface area contributed by atoms with Gasteiger partial charge in [0.1, 0.15) is 5.75 Å². The van der Waals surface area contributed by atoms with Crippen molar-refractivity contribution in [2.75, 3.05) is 0 Å². The minimum atomic E-state index is -0.241. The number of fused-ring (bicyclic) bond motifs is 1. The molecule has 0 aliphatic carbocycles. The fourth-order valence-electron chi connectivity index (χ4n) is 2.08. The average molecular weight is 248 g/mol. The summed E-state index contributed by atoms with van der Waals surface area (Å²) in [5.41, 5.74) is 1.35. The number of benzene rings is 2. The van der Waals surface area contributed by atoms with Gasteiger partial charge >= 0.3 is 0 Å². The molecular formula is C15H8N2O2. The molecule has 0 saturated heterocycles. The number of hydrogen-bond acceptors (Lipinski definition) is 3. The zero-order valence-electron chi connectivity index (χ0n) is 9.83. The molecule has 1 amide bonds. The third kappa shape index (κ3) is 1.87. The first-order valence-electron chi connectivity index (χ1n) is 5.68. The monoisotopic (exact) mass is 248 g/mol. The molecule has 4 heteroatoms. The van der Waals surface area contributed by atoms with Gasteiger partial charge in [0, 0.05) is 5.22 Å². The first kappa shape index (κ1) is 11.2. The van der Waals surface area contributed by atoms with E-state index in [4.69, 9.17) is 10.00 Å². The topological polar surface area (TPSA) is 62.4 Å². The van der Waals surface area contributed by atoms with Gasteiger partial charge < -0.3 is 4.74 Å². The zero-order valence-corrected chi connectivity index (χ0v) is 9.83. The predicted molar refractivity (Wildman–Crippen MR) is 67.4 cm³/mol. The quantitative estimate of drug-likeness (QED) is 0.742. The molecule has 1 aliphatic heterocycles. The number of amides is 1. The first-order chi connectivity index (χ1) is 9.29. The van der Waals surface area contributed by atoms with Crippen LogP contribution in [0.4, 0.5) is 0 Å². The van der Waals surface area contributed by atoms with Crippen molar-refractivity contribution in [2.45, 2.75) is 0 Å². The third-order valence-corrected chi connectivity index (χ3v) is 2.92. The maximum Gasteiger partial charge on any atom is 0.292 e. The minimum Gasteiger partial charge on any atom is -0.388 e. The molecule has 4 nitrogen and oxygen atoms in total. The van der Waals surface area contributed by atoms with Gasteiger partial charge in [0.2, 0.25) is 0 Å². The van der Waals surface area contributed by atoms with E-state index >= 15 is 0 Å². The largest absolute Gasteiger partial charge is 0.388 e. The SMILES string of the molecule is N#COc1ccc(C2=c3ccccc3=NC2=O)cc1. The Labute approximate surface area is 108 Å². The van der Waals surface area contributed by atoms with E-state index in [1.54, 1.807) is 30.5 Å². The van der Waals surface area contributed by atoms with Crippen LogP contribution < -0.4 is 15.3 Å². The Morgan fingerprint density at radius 2 is 1.79 bits per heavy atom. The number of carbonyl (C=O) groups excluding carboxylic acids is 1. The number of ether oxygens (including phenoxy) is 1. The van der Waals surface area contributed by atoms with Gasteiger partial charge in [-0.05, 0) is 23.8 Å². The second-order valence-corrected chi connectivity index (χ2v) is 4.03. The van der Waals surface area contributed by atoms with Gasteiger partial charge in [0.25, 0.3) is 12.2 Å². The van der Waals surface area contributed by atoms with Crippen molar-refractivity contribution in [2.24, 2.45) is 4.99 Å². The number of carbonyl (C=O) groups is 1. The Kier molecular flexibility index (Phi) is 2.58. The lowest BCUT2D eigenvalue weighted by Crippen LogP contribution is -2.22. The van der Waals surface area contributed by atoms with E-state index in [-0.39, 0.29) is 5.91 Å². The molecule has 0 atom stereocenters. The second kappa shape index (κ2) is 4.39. The number of nitriles is 1. The fourth-order valence-corrected chi connectivity index (χ4v) is 2.08. The van der Waals surface area contributed by atoms with Crippen molar-refractivity contribution in [3.05, 3.63) is 64.7 Å². The molecule has 3 rings (SSSR count). The lowest BCUT2D eigenvalue weighted by atomic mass is 10.0. The van der Waals surface area contributed by atoms with Crippen LogP contribution in [-0.4, -0.2) is 5.91 Å². The van der Waals surface area contributed by atoms with Gasteiger partial charge in [-0.3, -0.25) is 4.79 Å². The molecule has 0 unspecified atom stereocenters. The van der Waals surface area contributed by atoms with E-state index < -0.39 is 0 Å². The number of rotatable bonds is 2. The van der Waals surface area contributed by atoms with Crippen molar-refractivity contribution in [3.63, 3.8) is 0 Å². The average Bonchev–Trinajstić information content (AvgIpc) is 2.76. The van der Waals surface area contributed by atoms with E-state index in [0.717, 1.165) is 10.8 Å². The highest BCUT2D eigenvalue weighted by atomic mass is 16.5. The number of hydrogen-bond donors (Lipinski definition) is 0. The van der Waals surface area contributed by atoms with Crippen LogP contribution in [0, 0.1) is 11.5 Å². The fraction of sp³-hybridized carbons (Fsp3) is 0. The van der Waals surface area contributed by atoms with Crippen LogP contribution in [0.5, 0.6) is 5.75 Å². The van der Waals surface area contributed by atoms with Crippen molar-refractivity contribution in [1.29, 1.82) is 5.26 Å². The number of para-hydroxylation sites is 1. The normalized spacial score (nSPS) is 12.6. The Bertz CT molecular complexity index is 814. The summed E-state index contributed by atoms with van der Waals surface area (Å²) in [5, 5.41) is 9.96. The third-order valence-electron chi connectivity index (χ3n) is 2.92. The molecule has 1 aliphatic rings. The summed E-state index contributed by atoms with van der Waals surface area (Å²) in [7, 11) is 0. The molecular weight excluding hydrogens is 240 g/mol. The highest BCUT2D eigenvalue weighted by Gasteiger charge is 2.17. The van der Waals surface area contributed by atoms with Gasteiger partial charge in [-0.25, -0.2) is 4.99 Å². The highest BCUT2D eigenvalue weighted by Crippen LogP contribution is 2.18. The van der Waals surface area contributed by atoms with Crippen LogP contribution in [-0.2, 0) is 4.79 Å². The van der Waals surface area contributed by atoms with Crippen LogP contribution >= 0.6 is 0 Å². The van der Waals surface area contributed by atoms with Gasteiger partial charge in [0.05, 0.1) is 10.9 Å². The summed E-state index contributed by atoms with van der Waals surface area (Å²) in [5.74, 6) is 0.206. The van der Waals surface area contributed by atoms with Crippen molar-refractivity contribution >= 4 is 11.5 Å². The molecule has 0 aromatic heterocycles. The van der Waals surface area contributed by atoms with E-state index in [0.29, 0.717) is 16.7 Å². The molecule has 0 N–H and O–H groups in total. The first-order valence-corrected chi connectivity index (χ1v) is 5.68. The van der Waals surface area contributed by atoms with Crippen molar-refractivity contribution < 1.29 is 9.53 Å². The molecule has 0 saturated carbocycles. The summed E-state index contributed by atoms with van der Waals surface area (Å²) in [4.78, 5) is 16.0. The van der Waals surface area contributed by atoms with Crippen LogP contribution in [0.3, 0.4) is 0 Å². The smallest absolute Gasteiger partial charge is 0.292 e. The molecule has 0 radical (unpaired) electrons. The van der Waals surface area contributed by atoms with Gasteiger partial charge in [0.15, 0.2) is 0 Å². The summed E-state index contributed by atoms with van der Waals surface area (Å²) in [6.45, 7) is 0. The molecule has 0 spiro atoms. The molecule has 2 aromatic carbocycles. The summed E-state index contributed by atoms with van der Waals surface area (Å²) < 4.78 is 4.71.